The van der Waals surface area contributed by atoms with Gasteiger partial charge in [-0.2, -0.15) is 5.10 Å². The maximum Gasteiger partial charge on any atom is 0.332 e. The van der Waals surface area contributed by atoms with Crippen LogP contribution in [0.5, 0.6) is 11.5 Å². The molecule has 0 N–H and O–H groups in total. The number of hydrogen-bond donors (Lipinski definition) is 0. The van der Waals surface area contributed by atoms with Crippen LogP contribution in [0, 0.1) is 6.92 Å². The molecular formula is C26H23N5O5. The zero-order valence-electron chi connectivity index (χ0n) is 20.4. The summed E-state index contributed by atoms with van der Waals surface area (Å²) in [6.45, 7) is 1.76. The lowest BCUT2D eigenvalue weighted by molar-refractivity contribution is 0.104. The fraction of sp³-hybridized carbons (Fsp3) is 0.192. The van der Waals surface area contributed by atoms with Crippen LogP contribution < -0.4 is 20.7 Å². The van der Waals surface area contributed by atoms with E-state index in [4.69, 9.17) is 9.47 Å². The molecule has 0 saturated carbocycles. The quantitative estimate of drug-likeness (QED) is 0.352. The molecule has 0 radical (unpaired) electrons. The number of aryl methyl sites for hydroxylation is 2. The highest BCUT2D eigenvalue weighted by Crippen LogP contribution is 2.33. The summed E-state index contributed by atoms with van der Waals surface area (Å²) in [4.78, 5) is 44.9. The van der Waals surface area contributed by atoms with E-state index in [-0.39, 0.29) is 22.2 Å². The number of benzene rings is 2. The summed E-state index contributed by atoms with van der Waals surface area (Å²) in [6, 6.07) is 14.1. The zero-order chi connectivity index (χ0) is 25.7. The number of rotatable bonds is 5. The van der Waals surface area contributed by atoms with Gasteiger partial charge in [0, 0.05) is 19.7 Å². The maximum atomic E-state index is 14.1. The predicted molar refractivity (Wildman–Crippen MR) is 135 cm³/mol. The van der Waals surface area contributed by atoms with E-state index in [1.54, 1.807) is 29.8 Å². The third-order valence-electron chi connectivity index (χ3n) is 6.26. The van der Waals surface area contributed by atoms with Crippen LogP contribution in [0.4, 0.5) is 0 Å². The number of fused-ring (bicyclic) bond motifs is 2. The van der Waals surface area contributed by atoms with Gasteiger partial charge in [-0.25, -0.2) is 14.5 Å². The van der Waals surface area contributed by atoms with Crippen LogP contribution >= 0.6 is 0 Å². The van der Waals surface area contributed by atoms with Crippen molar-refractivity contribution in [2.45, 2.75) is 6.92 Å². The molecule has 0 saturated heterocycles. The van der Waals surface area contributed by atoms with Crippen LogP contribution in [-0.2, 0) is 14.1 Å². The molecule has 0 aliphatic heterocycles. The molecule has 3 aromatic heterocycles. The van der Waals surface area contributed by atoms with Crippen molar-refractivity contribution >= 4 is 27.9 Å². The van der Waals surface area contributed by atoms with E-state index in [0.29, 0.717) is 28.2 Å². The van der Waals surface area contributed by atoms with Gasteiger partial charge < -0.3 is 9.47 Å². The van der Waals surface area contributed by atoms with E-state index < -0.39 is 17.0 Å². The minimum absolute atomic E-state index is 0.0441. The van der Waals surface area contributed by atoms with Gasteiger partial charge in [-0.3, -0.25) is 18.7 Å². The minimum Gasteiger partial charge on any atom is -0.493 e. The Morgan fingerprint density at radius 1 is 0.861 bits per heavy atom. The number of nitrogens with zero attached hydrogens (tertiary/aromatic N) is 5. The molecule has 0 aliphatic carbocycles. The summed E-state index contributed by atoms with van der Waals surface area (Å²) in [7, 11) is 5.87. The highest BCUT2D eigenvalue weighted by Gasteiger charge is 2.27. The van der Waals surface area contributed by atoms with Crippen molar-refractivity contribution in [1.29, 1.82) is 0 Å². The summed E-state index contributed by atoms with van der Waals surface area (Å²) in [5, 5.41) is 5.12. The maximum absolute atomic E-state index is 14.1. The van der Waals surface area contributed by atoms with Gasteiger partial charge in [0.1, 0.15) is 0 Å². The summed E-state index contributed by atoms with van der Waals surface area (Å²) in [5.41, 5.74) is 0.936. The average molecular weight is 486 g/mol. The van der Waals surface area contributed by atoms with Gasteiger partial charge in [-0.1, -0.05) is 18.2 Å². The van der Waals surface area contributed by atoms with Crippen LogP contribution in [0.25, 0.3) is 27.8 Å². The summed E-state index contributed by atoms with van der Waals surface area (Å²) in [5.74, 6) is 0.403. The van der Waals surface area contributed by atoms with Crippen LogP contribution in [0.15, 0.2) is 58.1 Å². The molecule has 182 valence electrons. The minimum atomic E-state index is -0.613. The molecule has 3 heterocycles. The Bertz CT molecular complexity index is 1800. The van der Waals surface area contributed by atoms with Gasteiger partial charge in [0.25, 0.3) is 5.56 Å². The van der Waals surface area contributed by atoms with Crippen molar-refractivity contribution < 1.29 is 14.3 Å². The molecule has 10 heteroatoms. The van der Waals surface area contributed by atoms with E-state index in [0.717, 1.165) is 10.3 Å². The first kappa shape index (κ1) is 23.0. The summed E-state index contributed by atoms with van der Waals surface area (Å²) >= 11 is 0. The van der Waals surface area contributed by atoms with E-state index in [2.05, 4.69) is 10.1 Å². The third kappa shape index (κ3) is 3.29. The van der Waals surface area contributed by atoms with Crippen LogP contribution in [-0.4, -0.2) is 43.9 Å². The standard InChI is InChI=1S/C26H23N5O5/c1-14-19-20(22(32)15-11-12-17(35-4)18(13-15)36-5)21-23(29(2)26(34)30(3)25(21)33)27-24(19)31(28-14)16-9-7-6-8-10-16/h6-13H,1-5H3. The van der Waals surface area contributed by atoms with Gasteiger partial charge in [-0.05, 0) is 37.3 Å². The Kier molecular flexibility index (Phi) is 5.43. The fourth-order valence-electron chi connectivity index (χ4n) is 4.42. The lowest BCUT2D eigenvalue weighted by atomic mass is 9.97. The molecule has 0 fully saturated rings. The summed E-state index contributed by atoms with van der Waals surface area (Å²) in [6.07, 6.45) is 0. The molecular weight excluding hydrogens is 462 g/mol. The Morgan fingerprint density at radius 3 is 2.22 bits per heavy atom. The molecule has 0 spiro atoms. The molecule has 0 bridgehead atoms. The Morgan fingerprint density at radius 2 is 1.56 bits per heavy atom. The Balaban J connectivity index is 1.96. The number of para-hydroxylation sites is 1. The Hall–Kier alpha value is -4.73. The monoisotopic (exact) mass is 485 g/mol. The predicted octanol–water partition coefficient (Wildman–Crippen LogP) is 2.53. The second-order valence-electron chi connectivity index (χ2n) is 8.32. The summed E-state index contributed by atoms with van der Waals surface area (Å²) < 4.78 is 14.5. The number of ketones is 1. The molecule has 0 atom stereocenters. The highest BCUT2D eigenvalue weighted by molar-refractivity contribution is 6.23. The van der Waals surface area contributed by atoms with E-state index >= 15 is 0 Å². The number of hydrogen-bond acceptors (Lipinski definition) is 7. The van der Waals surface area contributed by atoms with E-state index in [1.165, 1.54) is 32.9 Å². The number of pyridine rings is 1. The van der Waals surface area contributed by atoms with Crippen molar-refractivity contribution in [2.24, 2.45) is 14.1 Å². The first-order valence-electron chi connectivity index (χ1n) is 11.1. The van der Waals surface area contributed by atoms with Crippen molar-refractivity contribution in [3.63, 3.8) is 0 Å². The number of aromatic nitrogens is 5. The molecule has 5 rings (SSSR count). The fourth-order valence-corrected chi connectivity index (χ4v) is 4.42. The molecule has 36 heavy (non-hydrogen) atoms. The number of carbonyl (C=O) groups excluding carboxylic acids is 1. The molecule has 10 nitrogen and oxygen atoms in total. The topological polar surface area (TPSA) is 110 Å². The van der Waals surface area contributed by atoms with Crippen molar-refractivity contribution in [1.82, 2.24) is 23.9 Å². The lowest BCUT2D eigenvalue weighted by Gasteiger charge is -2.13. The van der Waals surface area contributed by atoms with Crippen molar-refractivity contribution in [3.8, 4) is 17.2 Å². The smallest absolute Gasteiger partial charge is 0.332 e. The zero-order valence-corrected chi connectivity index (χ0v) is 20.4. The third-order valence-corrected chi connectivity index (χ3v) is 6.26. The Labute approximate surface area is 204 Å². The average Bonchev–Trinajstić information content (AvgIpc) is 3.25. The van der Waals surface area contributed by atoms with Gasteiger partial charge in [0.05, 0.1) is 41.9 Å². The van der Waals surface area contributed by atoms with Gasteiger partial charge in [0.2, 0.25) is 0 Å². The van der Waals surface area contributed by atoms with Crippen LogP contribution in [0.1, 0.15) is 21.6 Å². The van der Waals surface area contributed by atoms with E-state index in [1.807, 2.05) is 30.3 Å². The second-order valence-corrected chi connectivity index (χ2v) is 8.32. The largest absolute Gasteiger partial charge is 0.493 e. The first-order valence-corrected chi connectivity index (χ1v) is 11.1. The normalized spacial score (nSPS) is 11.2. The van der Waals surface area contributed by atoms with Gasteiger partial charge in [-0.15, -0.1) is 0 Å². The van der Waals surface area contributed by atoms with Crippen LogP contribution in [0.3, 0.4) is 0 Å². The number of methoxy groups -OCH3 is 2. The molecule has 2 aromatic carbocycles. The molecule has 0 amide bonds. The van der Waals surface area contributed by atoms with Crippen molar-refractivity contribution in [2.75, 3.05) is 14.2 Å². The molecule has 0 aliphatic rings. The number of ether oxygens (including phenoxy) is 2. The SMILES string of the molecule is COc1ccc(C(=O)c2c3c(C)nn(-c4ccccc4)c3nc3c2c(=O)n(C)c(=O)n3C)cc1OC. The lowest BCUT2D eigenvalue weighted by Crippen LogP contribution is -2.38. The van der Waals surface area contributed by atoms with Gasteiger partial charge >= 0.3 is 5.69 Å². The number of carbonyl (C=O) groups is 1. The van der Waals surface area contributed by atoms with Crippen LogP contribution in [0.2, 0.25) is 0 Å². The highest BCUT2D eigenvalue weighted by atomic mass is 16.5. The van der Waals surface area contributed by atoms with Gasteiger partial charge in [0.15, 0.2) is 28.6 Å². The molecule has 0 unspecified atom stereocenters. The first-order chi connectivity index (χ1) is 17.3. The second kappa shape index (κ2) is 8.49. The molecule has 5 aromatic rings. The van der Waals surface area contributed by atoms with Crippen molar-refractivity contribution in [3.05, 3.63) is 86.2 Å². The van der Waals surface area contributed by atoms with E-state index in [9.17, 15) is 14.4 Å².